The summed E-state index contributed by atoms with van der Waals surface area (Å²) in [4.78, 5) is 25.0. The molecule has 0 aromatic carbocycles. The van der Waals surface area contributed by atoms with Crippen LogP contribution in [0.1, 0.15) is 26.2 Å². The lowest BCUT2D eigenvalue weighted by molar-refractivity contribution is -0.146. The SMILES string of the molecule is CCOC(=O)CC(=O)C1CCCN1CI. The third-order valence-corrected chi connectivity index (χ3v) is 3.39. The Labute approximate surface area is 103 Å². The summed E-state index contributed by atoms with van der Waals surface area (Å²) in [5.41, 5.74) is 0. The van der Waals surface area contributed by atoms with Crippen molar-refractivity contribution in [1.29, 1.82) is 0 Å². The molecule has 0 N–H and O–H groups in total. The Balaban J connectivity index is 2.42. The largest absolute Gasteiger partial charge is 0.466 e. The zero-order chi connectivity index (χ0) is 11.3. The number of carbonyl (C=O) groups is 2. The highest BCUT2D eigenvalue weighted by molar-refractivity contribution is 14.1. The molecule has 5 heteroatoms. The smallest absolute Gasteiger partial charge is 0.313 e. The number of ketones is 1. The number of rotatable bonds is 5. The molecule has 1 aliphatic heterocycles. The predicted octanol–water partition coefficient (Wildman–Crippen LogP) is 1.37. The standard InChI is InChI=1S/C10H16INO3/c1-2-15-10(14)6-9(13)8-4-3-5-12(8)7-11/h8H,2-7H2,1H3. The Hall–Kier alpha value is -0.170. The van der Waals surface area contributed by atoms with E-state index in [9.17, 15) is 9.59 Å². The van der Waals surface area contributed by atoms with Gasteiger partial charge in [-0.3, -0.25) is 14.5 Å². The fourth-order valence-corrected chi connectivity index (χ4v) is 2.62. The minimum absolute atomic E-state index is 0.00242. The van der Waals surface area contributed by atoms with E-state index in [1.54, 1.807) is 6.92 Å². The lowest BCUT2D eigenvalue weighted by Gasteiger charge is -2.19. The lowest BCUT2D eigenvalue weighted by Crippen LogP contribution is -2.36. The summed E-state index contributed by atoms with van der Waals surface area (Å²) in [5.74, 6) is -0.398. The van der Waals surface area contributed by atoms with Gasteiger partial charge >= 0.3 is 5.97 Å². The van der Waals surface area contributed by atoms with E-state index in [1.165, 1.54) is 0 Å². The van der Waals surface area contributed by atoms with Crippen LogP contribution in [0.2, 0.25) is 0 Å². The number of Topliss-reactive ketones (excluding diaryl/α,β-unsaturated/α-hetero) is 1. The number of ether oxygens (including phenoxy) is 1. The summed E-state index contributed by atoms with van der Waals surface area (Å²) in [6.07, 6.45) is 1.84. The van der Waals surface area contributed by atoms with Gasteiger partial charge in [0.15, 0.2) is 5.78 Å². The van der Waals surface area contributed by atoms with Gasteiger partial charge < -0.3 is 4.74 Å². The van der Waals surface area contributed by atoms with Gasteiger partial charge in [0, 0.05) is 0 Å². The Morgan fingerprint density at radius 1 is 1.53 bits per heavy atom. The van der Waals surface area contributed by atoms with E-state index in [0.29, 0.717) is 6.61 Å². The fraction of sp³-hybridized carbons (Fsp3) is 0.800. The molecule has 1 fully saturated rings. The van der Waals surface area contributed by atoms with Crippen molar-refractivity contribution in [3.8, 4) is 0 Å². The summed E-state index contributed by atoms with van der Waals surface area (Å²) in [7, 11) is 0. The molecule has 1 aliphatic rings. The van der Waals surface area contributed by atoms with Crippen LogP contribution >= 0.6 is 22.6 Å². The van der Waals surface area contributed by atoms with Crippen LogP contribution in [-0.4, -0.2) is 40.4 Å². The molecule has 1 saturated heterocycles. The van der Waals surface area contributed by atoms with Crippen LogP contribution in [0.25, 0.3) is 0 Å². The summed E-state index contributed by atoms with van der Waals surface area (Å²) in [6.45, 7) is 3.05. The third kappa shape index (κ3) is 3.71. The highest BCUT2D eigenvalue weighted by atomic mass is 127. The molecule has 86 valence electrons. The number of likely N-dealkylation sites (tertiary alicyclic amines) is 1. The monoisotopic (exact) mass is 325 g/mol. The van der Waals surface area contributed by atoms with Gasteiger partial charge in [0.2, 0.25) is 0 Å². The summed E-state index contributed by atoms with van der Waals surface area (Å²) in [5, 5.41) is 0. The van der Waals surface area contributed by atoms with Crippen molar-refractivity contribution in [3.63, 3.8) is 0 Å². The van der Waals surface area contributed by atoms with Crippen molar-refractivity contribution < 1.29 is 14.3 Å². The van der Waals surface area contributed by atoms with Gasteiger partial charge in [-0.05, 0) is 26.3 Å². The molecule has 0 saturated carbocycles. The average Bonchev–Trinajstić information content (AvgIpc) is 2.65. The van der Waals surface area contributed by atoms with E-state index in [2.05, 4.69) is 27.5 Å². The second kappa shape index (κ2) is 6.42. The van der Waals surface area contributed by atoms with Crippen LogP contribution in [0.5, 0.6) is 0 Å². The molecule has 1 atom stereocenters. The molecule has 0 amide bonds. The number of esters is 1. The van der Waals surface area contributed by atoms with Crippen LogP contribution in [0.3, 0.4) is 0 Å². The highest BCUT2D eigenvalue weighted by Crippen LogP contribution is 2.20. The minimum atomic E-state index is -0.400. The molecule has 1 unspecified atom stereocenters. The molecule has 1 rings (SSSR count). The molecule has 0 aromatic heterocycles. The maximum absolute atomic E-state index is 11.8. The Morgan fingerprint density at radius 2 is 2.27 bits per heavy atom. The zero-order valence-corrected chi connectivity index (χ0v) is 11.0. The highest BCUT2D eigenvalue weighted by Gasteiger charge is 2.30. The minimum Gasteiger partial charge on any atom is -0.466 e. The van der Waals surface area contributed by atoms with Crippen molar-refractivity contribution in [2.45, 2.75) is 32.2 Å². The second-order valence-electron chi connectivity index (χ2n) is 3.54. The zero-order valence-electron chi connectivity index (χ0n) is 8.87. The van der Waals surface area contributed by atoms with Crippen molar-refractivity contribution in [1.82, 2.24) is 4.90 Å². The molecular weight excluding hydrogens is 309 g/mol. The van der Waals surface area contributed by atoms with Crippen molar-refractivity contribution in [3.05, 3.63) is 0 Å². The fourth-order valence-electron chi connectivity index (χ4n) is 1.81. The van der Waals surface area contributed by atoms with Crippen LogP contribution < -0.4 is 0 Å². The van der Waals surface area contributed by atoms with E-state index in [1.807, 2.05) is 0 Å². The molecular formula is C10H16INO3. The van der Waals surface area contributed by atoms with Gasteiger partial charge in [0.05, 0.1) is 17.2 Å². The quantitative estimate of drug-likeness (QED) is 0.252. The van der Waals surface area contributed by atoms with Crippen molar-refractivity contribution >= 4 is 34.3 Å². The first-order chi connectivity index (χ1) is 7.19. The first kappa shape index (κ1) is 12.9. The topological polar surface area (TPSA) is 46.6 Å². The van der Waals surface area contributed by atoms with Crippen molar-refractivity contribution in [2.24, 2.45) is 0 Å². The molecule has 4 nitrogen and oxygen atoms in total. The van der Waals surface area contributed by atoms with E-state index in [4.69, 9.17) is 4.74 Å². The summed E-state index contributed by atoms with van der Waals surface area (Å²) >= 11 is 2.25. The van der Waals surface area contributed by atoms with Crippen LogP contribution in [0.4, 0.5) is 0 Å². The molecule has 0 bridgehead atoms. The number of hydrogen-bond acceptors (Lipinski definition) is 4. The molecule has 0 aliphatic carbocycles. The summed E-state index contributed by atoms with van der Waals surface area (Å²) < 4.78 is 5.61. The number of carbonyl (C=O) groups excluding carboxylic acids is 2. The van der Waals surface area contributed by atoms with Crippen LogP contribution in [0, 0.1) is 0 Å². The first-order valence-corrected chi connectivity index (χ1v) is 6.70. The van der Waals surface area contributed by atoms with Gasteiger partial charge in [-0.1, -0.05) is 22.6 Å². The van der Waals surface area contributed by atoms with E-state index < -0.39 is 5.97 Å². The Bertz CT molecular complexity index is 245. The number of alkyl halides is 1. The maximum atomic E-state index is 11.8. The lowest BCUT2D eigenvalue weighted by atomic mass is 10.1. The Kier molecular flexibility index (Phi) is 5.52. The van der Waals surface area contributed by atoms with Gasteiger partial charge in [-0.15, -0.1) is 0 Å². The van der Waals surface area contributed by atoms with E-state index >= 15 is 0 Å². The van der Waals surface area contributed by atoms with E-state index in [0.717, 1.165) is 23.9 Å². The van der Waals surface area contributed by atoms with Crippen LogP contribution in [-0.2, 0) is 14.3 Å². The number of nitrogens with zero attached hydrogens (tertiary/aromatic N) is 1. The maximum Gasteiger partial charge on any atom is 0.313 e. The van der Waals surface area contributed by atoms with Gasteiger partial charge in [-0.25, -0.2) is 0 Å². The van der Waals surface area contributed by atoms with Crippen molar-refractivity contribution in [2.75, 3.05) is 17.7 Å². The van der Waals surface area contributed by atoms with Gasteiger partial charge in [0.1, 0.15) is 6.42 Å². The van der Waals surface area contributed by atoms with Gasteiger partial charge in [-0.2, -0.15) is 0 Å². The summed E-state index contributed by atoms with van der Waals surface area (Å²) in [6, 6.07) is -0.0636. The normalized spacial score (nSPS) is 21.6. The molecule has 1 heterocycles. The van der Waals surface area contributed by atoms with E-state index in [-0.39, 0.29) is 18.2 Å². The molecule has 0 aromatic rings. The first-order valence-electron chi connectivity index (χ1n) is 5.17. The molecule has 0 spiro atoms. The molecule has 0 radical (unpaired) electrons. The predicted molar refractivity (Wildman–Crippen MR) is 64.9 cm³/mol. The molecule has 15 heavy (non-hydrogen) atoms. The second-order valence-corrected chi connectivity index (χ2v) is 4.22. The van der Waals surface area contributed by atoms with Crippen LogP contribution in [0.15, 0.2) is 0 Å². The average molecular weight is 325 g/mol. The Morgan fingerprint density at radius 3 is 2.87 bits per heavy atom. The van der Waals surface area contributed by atoms with Gasteiger partial charge in [0.25, 0.3) is 0 Å². The number of halogens is 1. The number of hydrogen-bond donors (Lipinski definition) is 0. The third-order valence-electron chi connectivity index (χ3n) is 2.51.